The third-order valence-corrected chi connectivity index (χ3v) is 5.92. The first-order chi connectivity index (χ1) is 16.2. The van der Waals surface area contributed by atoms with Gasteiger partial charge in [-0.2, -0.15) is 5.10 Å². The topological polar surface area (TPSA) is 92.4 Å². The molecule has 0 unspecified atom stereocenters. The van der Waals surface area contributed by atoms with Crippen molar-refractivity contribution in [1.29, 1.82) is 0 Å². The lowest BCUT2D eigenvalue weighted by Gasteiger charge is -2.14. The van der Waals surface area contributed by atoms with Crippen molar-refractivity contribution >= 4 is 28.4 Å². The highest BCUT2D eigenvalue weighted by Gasteiger charge is 2.18. The van der Waals surface area contributed by atoms with Crippen LogP contribution in [-0.4, -0.2) is 39.1 Å². The second-order valence-electron chi connectivity index (χ2n) is 7.96. The van der Waals surface area contributed by atoms with Crippen LogP contribution in [0.4, 0.5) is 10.5 Å². The Balaban J connectivity index is 1.27. The van der Waals surface area contributed by atoms with Crippen LogP contribution in [0.1, 0.15) is 37.0 Å². The number of fused-ring (bicyclic) bond motifs is 3. The molecule has 2 aliphatic rings. The first-order valence-electron chi connectivity index (χ1n) is 11.2. The predicted octanol–water partition coefficient (Wildman–Crippen LogP) is 4.24. The van der Waals surface area contributed by atoms with Crippen molar-refractivity contribution in [2.75, 3.05) is 19.0 Å². The molecule has 9 nitrogen and oxygen atoms in total. The van der Waals surface area contributed by atoms with E-state index in [1.165, 1.54) is 0 Å². The van der Waals surface area contributed by atoms with Gasteiger partial charge in [0.2, 0.25) is 0 Å². The van der Waals surface area contributed by atoms with Crippen molar-refractivity contribution in [3.63, 3.8) is 0 Å². The molecule has 9 heteroatoms. The zero-order chi connectivity index (χ0) is 22.8. The minimum atomic E-state index is -0.526. The minimum absolute atomic E-state index is 0.115. The molecule has 0 bridgehead atoms. The Kier molecular flexibility index (Phi) is 5.87. The molecule has 172 valence electrons. The number of nitrogens with one attached hydrogen (secondary N) is 1. The fourth-order valence-corrected chi connectivity index (χ4v) is 4.29. The van der Waals surface area contributed by atoms with Crippen molar-refractivity contribution in [2.24, 2.45) is 0 Å². The van der Waals surface area contributed by atoms with Gasteiger partial charge in [-0.25, -0.2) is 9.78 Å². The van der Waals surface area contributed by atoms with Crippen molar-refractivity contribution in [1.82, 2.24) is 19.3 Å². The first-order valence-corrected chi connectivity index (χ1v) is 11.2. The van der Waals surface area contributed by atoms with Crippen LogP contribution < -0.4 is 5.32 Å². The zero-order valence-electron chi connectivity index (χ0n) is 18.8. The lowest BCUT2D eigenvalue weighted by molar-refractivity contribution is 0.0830. The fraction of sp³-hybridized carbons (Fsp3) is 0.375. The van der Waals surface area contributed by atoms with E-state index in [4.69, 9.17) is 14.2 Å². The van der Waals surface area contributed by atoms with E-state index in [-0.39, 0.29) is 6.61 Å². The summed E-state index contributed by atoms with van der Waals surface area (Å²) in [5.74, 6) is 1.82. The molecule has 0 saturated heterocycles. The molecule has 1 aromatic carbocycles. The number of nitrogens with zero attached hydrogens (tertiary/aromatic N) is 4. The quantitative estimate of drug-likeness (QED) is 0.605. The molecular weight excluding hydrogens is 422 g/mol. The molecule has 3 aromatic rings. The summed E-state index contributed by atoms with van der Waals surface area (Å²) in [5.41, 5.74) is 5.11. The number of imidazole rings is 1. The molecule has 1 aliphatic heterocycles. The fourth-order valence-electron chi connectivity index (χ4n) is 4.29. The number of hydrogen-bond acceptors (Lipinski definition) is 6. The number of methoxy groups -OCH3 is 1. The third-order valence-electron chi connectivity index (χ3n) is 5.92. The Labute approximate surface area is 191 Å². The van der Waals surface area contributed by atoms with E-state index in [1.807, 2.05) is 41.9 Å². The number of carbonyl (C=O) groups excluding carboxylic acids is 1. The number of benzene rings is 1. The molecule has 0 fully saturated rings. The van der Waals surface area contributed by atoms with E-state index in [0.29, 0.717) is 25.4 Å². The lowest BCUT2D eigenvalue weighted by Crippen LogP contribution is -2.16. The van der Waals surface area contributed by atoms with Crippen LogP contribution in [-0.2, 0) is 40.5 Å². The molecule has 0 spiro atoms. The molecule has 3 heterocycles. The smallest absolute Gasteiger partial charge is 0.412 e. The summed E-state index contributed by atoms with van der Waals surface area (Å²) in [7, 11) is 1.68. The van der Waals surface area contributed by atoms with Gasteiger partial charge >= 0.3 is 6.09 Å². The first kappa shape index (κ1) is 21.3. The predicted molar refractivity (Wildman–Crippen MR) is 123 cm³/mol. The van der Waals surface area contributed by atoms with Gasteiger partial charge in [-0.15, -0.1) is 0 Å². The molecule has 0 saturated carbocycles. The molecule has 1 N–H and O–H groups in total. The average Bonchev–Trinajstić information content (AvgIpc) is 3.43. The number of carbonyl (C=O) groups is 1. The van der Waals surface area contributed by atoms with Crippen LogP contribution in [0.3, 0.4) is 0 Å². The van der Waals surface area contributed by atoms with Crippen molar-refractivity contribution in [2.45, 2.75) is 46.1 Å². The second kappa shape index (κ2) is 9.11. The number of anilines is 1. The Morgan fingerprint density at radius 2 is 2.21 bits per heavy atom. The van der Waals surface area contributed by atoms with Gasteiger partial charge < -0.3 is 18.8 Å². The van der Waals surface area contributed by atoms with Crippen LogP contribution >= 0.6 is 0 Å². The summed E-state index contributed by atoms with van der Waals surface area (Å²) in [5, 5.41) is 7.47. The van der Waals surface area contributed by atoms with E-state index < -0.39 is 6.09 Å². The van der Waals surface area contributed by atoms with Gasteiger partial charge in [-0.1, -0.05) is 12.2 Å². The van der Waals surface area contributed by atoms with E-state index >= 15 is 0 Å². The highest BCUT2D eigenvalue weighted by molar-refractivity contribution is 5.89. The van der Waals surface area contributed by atoms with Crippen molar-refractivity contribution < 1.29 is 19.0 Å². The molecule has 2 aromatic heterocycles. The molecule has 0 atom stereocenters. The Morgan fingerprint density at radius 1 is 1.30 bits per heavy atom. The maximum Gasteiger partial charge on any atom is 0.412 e. The van der Waals surface area contributed by atoms with Crippen molar-refractivity contribution in [3.8, 4) is 0 Å². The maximum absolute atomic E-state index is 12.5. The van der Waals surface area contributed by atoms with Crippen LogP contribution in [0.5, 0.6) is 0 Å². The van der Waals surface area contributed by atoms with Crippen LogP contribution in [0.15, 0.2) is 42.2 Å². The normalized spacial score (nSPS) is 15.6. The summed E-state index contributed by atoms with van der Waals surface area (Å²) in [4.78, 5) is 17.1. The van der Waals surface area contributed by atoms with Crippen LogP contribution in [0, 0.1) is 0 Å². The van der Waals surface area contributed by atoms with Crippen LogP contribution in [0.2, 0.25) is 0 Å². The minimum Gasteiger partial charge on any atom is -0.500 e. The summed E-state index contributed by atoms with van der Waals surface area (Å²) >= 11 is 0. The molecular formula is C24H27N5O4. The van der Waals surface area contributed by atoms with Gasteiger partial charge in [0.1, 0.15) is 24.8 Å². The summed E-state index contributed by atoms with van der Waals surface area (Å²) < 4.78 is 20.5. The molecule has 5 rings (SSSR count). The van der Waals surface area contributed by atoms with Crippen LogP contribution in [0.25, 0.3) is 16.6 Å². The van der Waals surface area contributed by atoms with Gasteiger partial charge in [0.25, 0.3) is 0 Å². The Hall–Kier alpha value is -3.59. The van der Waals surface area contributed by atoms with Gasteiger partial charge in [-0.05, 0) is 37.6 Å². The number of hydrogen-bond donors (Lipinski definition) is 1. The van der Waals surface area contributed by atoms with Crippen molar-refractivity contribution in [3.05, 3.63) is 59.4 Å². The summed E-state index contributed by atoms with van der Waals surface area (Å²) in [6.45, 7) is 4.77. The zero-order valence-corrected chi connectivity index (χ0v) is 18.8. The maximum atomic E-state index is 12.5. The number of aromatic nitrogens is 4. The van der Waals surface area contributed by atoms with E-state index in [2.05, 4.69) is 26.0 Å². The molecule has 0 radical (unpaired) electrons. The largest absolute Gasteiger partial charge is 0.500 e. The summed E-state index contributed by atoms with van der Waals surface area (Å²) in [6.07, 6.45) is 5.44. The second-order valence-corrected chi connectivity index (χ2v) is 7.96. The number of amides is 1. The third kappa shape index (κ3) is 4.23. The number of aryl methyl sites for hydroxylation is 1. The van der Waals surface area contributed by atoms with Gasteiger partial charge in [-0.3, -0.25) is 10.00 Å². The van der Waals surface area contributed by atoms with Gasteiger partial charge in [0, 0.05) is 30.8 Å². The molecule has 1 aliphatic carbocycles. The molecule has 33 heavy (non-hydrogen) atoms. The van der Waals surface area contributed by atoms with Gasteiger partial charge in [0.15, 0.2) is 0 Å². The van der Waals surface area contributed by atoms with Gasteiger partial charge in [0.05, 0.1) is 36.1 Å². The monoisotopic (exact) mass is 449 g/mol. The number of allylic oxidation sites excluding steroid dienone is 4. The van der Waals surface area contributed by atoms with E-state index in [0.717, 1.165) is 59.0 Å². The lowest BCUT2D eigenvalue weighted by atomic mass is 10.0. The van der Waals surface area contributed by atoms with E-state index in [9.17, 15) is 4.79 Å². The highest BCUT2D eigenvalue weighted by atomic mass is 16.5. The van der Waals surface area contributed by atoms with E-state index in [1.54, 1.807) is 7.11 Å². The SMILES string of the molecule is CCn1nc(C2=C(OC)CCC=C2)cc1COC(=O)Nc1ccc2c(c1)nc1n2CCOC1. The number of rotatable bonds is 6. The highest BCUT2D eigenvalue weighted by Crippen LogP contribution is 2.28. The molecule has 1 amide bonds. The number of ether oxygens (including phenoxy) is 3. The summed E-state index contributed by atoms with van der Waals surface area (Å²) in [6, 6.07) is 7.62. The Morgan fingerprint density at radius 3 is 3.06 bits per heavy atom. The average molecular weight is 450 g/mol. The standard InChI is InChI=1S/C24H27N5O4/c1-3-29-17(13-19(27-29)18-6-4-5-7-22(18)31-2)14-33-24(30)25-16-8-9-21-20(12-16)26-23-15-32-11-10-28(21)23/h4,6,8-9,12-13H,3,5,7,10-11,14-15H2,1-2H3,(H,25,30). The Bertz CT molecular complexity index is 1250.